The minimum atomic E-state index is -0.476. The molecule has 0 saturated carbocycles. The van der Waals surface area contributed by atoms with Gasteiger partial charge in [-0.1, -0.05) is 13.8 Å². The molecule has 1 rings (SSSR count). The highest BCUT2D eigenvalue weighted by molar-refractivity contribution is 5.97. The maximum absolute atomic E-state index is 12.8. The van der Waals surface area contributed by atoms with Gasteiger partial charge in [0.15, 0.2) is 5.78 Å². The molecule has 3 N–H and O–H groups in total. The first-order valence-electron chi connectivity index (χ1n) is 7.08. The van der Waals surface area contributed by atoms with Gasteiger partial charge in [-0.3, -0.25) is 9.59 Å². The molecule has 0 heterocycles. The number of Topliss-reactive ketones (excluding diaryl/α,β-unsaturated/α-hetero) is 1. The molecular weight excluding hydrogens is 271 g/mol. The highest BCUT2D eigenvalue weighted by Crippen LogP contribution is 2.15. The molecule has 0 radical (unpaired) electrons. The maximum atomic E-state index is 12.8. The van der Waals surface area contributed by atoms with Gasteiger partial charge in [-0.15, -0.1) is 0 Å². The first-order chi connectivity index (χ1) is 9.78. The molecule has 21 heavy (non-hydrogen) atoms. The molecular formula is C16H23FN2O2. The fraction of sp³-hybridized carbons (Fsp3) is 0.500. The molecule has 0 aromatic heterocycles. The summed E-state index contributed by atoms with van der Waals surface area (Å²) < 4.78 is 12.8. The molecule has 5 heteroatoms. The van der Waals surface area contributed by atoms with Gasteiger partial charge in [-0.25, -0.2) is 4.39 Å². The molecule has 0 aliphatic rings. The van der Waals surface area contributed by atoms with Crippen molar-refractivity contribution in [2.24, 2.45) is 11.7 Å². The Morgan fingerprint density at radius 3 is 2.29 bits per heavy atom. The Kier molecular flexibility index (Phi) is 6.03. The van der Waals surface area contributed by atoms with Crippen molar-refractivity contribution in [3.8, 4) is 0 Å². The van der Waals surface area contributed by atoms with E-state index in [0.717, 1.165) is 0 Å². The summed E-state index contributed by atoms with van der Waals surface area (Å²) in [5.41, 5.74) is 5.64. The molecule has 1 atom stereocenters. The van der Waals surface area contributed by atoms with Crippen LogP contribution in [0.15, 0.2) is 24.3 Å². The molecule has 0 aliphatic heterocycles. The van der Waals surface area contributed by atoms with Gasteiger partial charge >= 0.3 is 0 Å². The standard InChI is InChI=1S/C16H23FN2O2/c1-11(2)16(3,10-18)19-15(21)9-8-14(20)12-4-6-13(17)7-5-12/h4-7,11H,8-10,18H2,1-3H3,(H,19,21). The van der Waals surface area contributed by atoms with Crippen molar-refractivity contribution >= 4 is 11.7 Å². The zero-order chi connectivity index (χ0) is 16.0. The van der Waals surface area contributed by atoms with Crippen LogP contribution in [0.25, 0.3) is 0 Å². The van der Waals surface area contributed by atoms with Gasteiger partial charge in [0.2, 0.25) is 5.91 Å². The number of rotatable bonds is 7. The number of carbonyl (C=O) groups is 2. The summed E-state index contributed by atoms with van der Waals surface area (Å²) in [4.78, 5) is 23.8. The highest BCUT2D eigenvalue weighted by atomic mass is 19.1. The van der Waals surface area contributed by atoms with E-state index in [0.29, 0.717) is 12.1 Å². The molecule has 0 fully saturated rings. The van der Waals surface area contributed by atoms with E-state index in [2.05, 4.69) is 5.32 Å². The van der Waals surface area contributed by atoms with Gasteiger partial charge < -0.3 is 11.1 Å². The number of nitrogens with one attached hydrogen (secondary N) is 1. The van der Waals surface area contributed by atoms with Crippen molar-refractivity contribution in [1.29, 1.82) is 0 Å². The minimum absolute atomic E-state index is 0.0935. The lowest BCUT2D eigenvalue weighted by Crippen LogP contribution is -2.55. The largest absolute Gasteiger partial charge is 0.349 e. The number of carbonyl (C=O) groups excluding carboxylic acids is 2. The zero-order valence-corrected chi connectivity index (χ0v) is 12.8. The molecule has 1 aromatic carbocycles. The Morgan fingerprint density at radius 1 is 1.24 bits per heavy atom. The van der Waals surface area contributed by atoms with Crippen molar-refractivity contribution in [2.75, 3.05) is 6.54 Å². The van der Waals surface area contributed by atoms with Crippen molar-refractivity contribution in [3.05, 3.63) is 35.6 Å². The summed E-state index contributed by atoms with van der Waals surface area (Å²) in [6, 6.07) is 5.32. The first kappa shape index (κ1) is 17.3. The first-order valence-corrected chi connectivity index (χ1v) is 7.08. The third-order valence-electron chi connectivity index (χ3n) is 3.87. The molecule has 0 spiro atoms. The average molecular weight is 294 g/mol. The second kappa shape index (κ2) is 7.31. The van der Waals surface area contributed by atoms with Crippen LogP contribution in [0.1, 0.15) is 44.0 Å². The van der Waals surface area contributed by atoms with Crippen LogP contribution in [0.2, 0.25) is 0 Å². The summed E-state index contributed by atoms with van der Waals surface area (Å²) >= 11 is 0. The maximum Gasteiger partial charge on any atom is 0.220 e. The number of nitrogens with two attached hydrogens (primary N) is 1. The summed E-state index contributed by atoms with van der Waals surface area (Å²) in [6.45, 7) is 6.19. The van der Waals surface area contributed by atoms with Crippen LogP contribution in [-0.4, -0.2) is 23.8 Å². The number of hydrogen-bond donors (Lipinski definition) is 2. The van der Waals surface area contributed by atoms with Gasteiger partial charge in [0.1, 0.15) is 5.82 Å². The van der Waals surface area contributed by atoms with E-state index in [4.69, 9.17) is 5.73 Å². The van der Waals surface area contributed by atoms with Crippen LogP contribution in [0.5, 0.6) is 0 Å². The SMILES string of the molecule is CC(C)C(C)(CN)NC(=O)CCC(=O)c1ccc(F)cc1. The lowest BCUT2D eigenvalue weighted by Gasteiger charge is -2.33. The van der Waals surface area contributed by atoms with Crippen LogP contribution < -0.4 is 11.1 Å². The Balaban J connectivity index is 2.53. The van der Waals surface area contributed by atoms with Crippen molar-refractivity contribution in [2.45, 2.75) is 39.2 Å². The smallest absolute Gasteiger partial charge is 0.220 e. The third kappa shape index (κ3) is 4.93. The average Bonchev–Trinajstić information content (AvgIpc) is 2.45. The molecule has 4 nitrogen and oxygen atoms in total. The number of amides is 1. The van der Waals surface area contributed by atoms with Crippen molar-refractivity contribution < 1.29 is 14.0 Å². The van der Waals surface area contributed by atoms with Crippen LogP contribution in [-0.2, 0) is 4.79 Å². The quantitative estimate of drug-likeness (QED) is 0.758. The van der Waals surface area contributed by atoms with Gasteiger partial charge in [-0.05, 0) is 37.1 Å². The third-order valence-corrected chi connectivity index (χ3v) is 3.87. The van der Waals surface area contributed by atoms with E-state index in [1.54, 1.807) is 0 Å². The van der Waals surface area contributed by atoms with E-state index in [1.807, 2.05) is 20.8 Å². The number of ketones is 1. The summed E-state index contributed by atoms with van der Waals surface area (Å²) in [5.74, 6) is -0.574. The van der Waals surface area contributed by atoms with Gasteiger partial charge in [0.05, 0.1) is 5.54 Å². The number of hydrogen-bond acceptors (Lipinski definition) is 3. The fourth-order valence-electron chi connectivity index (χ4n) is 1.82. The van der Waals surface area contributed by atoms with E-state index >= 15 is 0 Å². The second-order valence-corrected chi connectivity index (χ2v) is 5.75. The van der Waals surface area contributed by atoms with E-state index in [1.165, 1.54) is 24.3 Å². The van der Waals surface area contributed by atoms with E-state index in [9.17, 15) is 14.0 Å². The molecule has 0 bridgehead atoms. The lowest BCUT2D eigenvalue weighted by molar-refractivity contribution is -0.123. The Hall–Kier alpha value is -1.75. The Morgan fingerprint density at radius 2 is 1.81 bits per heavy atom. The van der Waals surface area contributed by atoms with Gasteiger partial charge in [-0.2, -0.15) is 0 Å². The van der Waals surface area contributed by atoms with E-state index in [-0.39, 0.29) is 36.3 Å². The Labute approximate surface area is 124 Å². The Bertz CT molecular complexity index is 500. The predicted octanol–water partition coefficient (Wildman–Crippen LogP) is 2.28. The normalized spacial score (nSPS) is 13.8. The molecule has 116 valence electrons. The second-order valence-electron chi connectivity index (χ2n) is 5.75. The van der Waals surface area contributed by atoms with Gasteiger partial charge in [0, 0.05) is 24.9 Å². The predicted molar refractivity (Wildman–Crippen MR) is 80.4 cm³/mol. The van der Waals surface area contributed by atoms with Crippen molar-refractivity contribution in [1.82, 2.24) is 5.32 Å². The minimum Gasteiger partial charge on any atom is -0.349 e. The summed E-state index contributed by atoms with van der Waals surface area (Å²) in [5, 5.41) is 2.88. The number of halogens is 1. The molecule has 0 saturated heterocycles. The molecule has 1 amide bonds. The summed E-state index contributed by atoms with van der Waals surface area (Å²) in [6.07, 6.45) is 0.189. The fourth-order valence-corrected chi connectivity index (χ4v) is 1.82. The molecule has 0 aliphatic carbocycles. The van der Waals surface area contributed by atoms with Crippen LogP contribution in [0.3, 0.4) is 0 Å². The topological polar surface area (TPSA) is 72.2 Å². The zero-order valence-electron chi connectivity index (χ0n) is 12.8. The number of benzene rings is 1. The van der Waals surface area contributed by atoms with Crippen LogP contribution in [0.4, 0.5) is 4.39 Å². The lowest BCUT2D eigenvalue weighted by atomic mass is 9.88. The summed E-state index contributed by atoms with van der Waals surface area (Å²) in [7, 11) is 0. The van der Waals surface area contributed by atoms with Crippen molar-refractivity contribution in [3.63, 3.8) is 0 Å². The highest BCUT2D eigenvalue weighted by Gasteiger charge is 2.28. The monoisotopic (exact) mass is 294 g/mol. The van der Waals surface area contributed by atoms with Crippen LogP contribution >= 0.6 is 0 Å². The molecule has 1 unspecified atom stereocenters. The molecule has 1 aromatic rings. The van der Waals surface area contributed by atoms with Crippen LogP contribution in [0, 0.1) is 11.7 Å². The van der Waals surface area contributed by atoms with E-state index < -0.39 is 5.54 Å². The van der Waals surface area contributed by atoms with Gasteiger partial charge in [0.25, 0.3) is 0 Å².